The Morgan fingerprint density at radius 2 is 1.73 bits per heavy atom. The summed E-state index contributed by atoms with van der Waals surface area (Å²) in [7, 11) is -2.45. The molecule has 7 nitrogen and oxygen atoms in total. The Morgan fingerprint density at radius 3 is 2.50 bits per heavy atom. The predicted molar refractivity (Wildman–Crippen MR) is 151 cm³/mol. The zero-order valence-electron chi connectivity index (χ0n) is 22.1. The van der Waals surface area contributed by atoms with Gasteiger partial charge in [0.05, 0.1) is 13.0 Å². The molecule has 0 bridgehead atoms. The first-order valence-corrected chi connectivity index (χ1v) is 15.6. The van der Waals surface area contributed by atoms with Gasteiger partial charge in [-0.15, -0.1) is 0 Å². The van der Waals surface area contributed by atoms with Gasteiger partial charge in [0.25, 0.3) is 0 Å². The summed E-state index contributed by atoms with van der Waals surface area (Å²) in [6.07, 6.45) is 3.78. The number of hydrogen-bond donors (Lipinski definition) is 3. The van der Waals surface area contributed by atoms with Crippen LogP contribution in [0.25, 0.3) is 11.1 Å². The second-order valence-electron chi connectivity index (χ2n) is 10.9. The number of halogens is 1. The van der Waals surface area contributed by atoms with Crippen LogP contribution < -0.4 is 14.2 Å². The summed E-state index contributed by atoms with van der Waals surface area (Å²) in [5, 5.41) is 9.11. The molecule has 212 valence electrons. The Hall–Kier alpha value is -3.27. The number of aryl methyl sites for hydroxylation is 2. The highest BCUT2D eigenvalue weighted by atomic mass is 32.3. The van der Waals surface area contributed by atoms with Crippen LogP contribution in [0, 0.1) is 5.82 Å². The van der Waals surface area contributed by atoms with E-state index in [-0.39, 0.29) is 30.9 Å². The van der Waals surface area contributed by atoms with Crippen LogP contribution in [0.4, 0.5) is 4.39 Å². The molecule has 3 aromatic rings. The van der Waals surface area contributed by atoms with Crippen LogP contribution in [0.3, 0.4) is 0 Å². The molecule has 1 atom stereocenters. The van der Waals surface area contributed by atoms with Gasteiger partial charge >= 0.3 is 5.97 Å². The number of ether oxygens (including phenoxy) is 3. The minimum absolute atomic E-state index is 0.0120. The standard InChI is InChI=1S/C31H33FO7S/c32-29-14-20-3-1-2-19-12-25(39-23-8-10-40(35,36)11-9-23)5-6-26(19)28(20)13-22(29)18-37-24-4-7-27-21(15-31(33)34)17-38-30(27)16-24/h4-7,12-14,16,21,23,35-36H,1-3,8-11,15,17-18H2,(H,33,34)/t21-/m1/s1. The summed E-state index contributed by atoms with van der Waals surface area (Å²) in [6.45, 7) is 0.373. The first kappa shape index (κ1) is 26.9. The van der Waals surface area contributed by atoms with Crippen LogP contribution in [-0.4, -0.2) is 44.4 Å². The van der Waals surface area contributed by atoms with E-state index in [1.807, 2.05) is 24.3 Å². The summed E-state index contributed by atoms with van der Waals surface area (Å²) < 4.78 is 52.7. The van der Waals surface area contributed by atoms with E-state index in [1.54, 1.807) is 18.2 Å². The molecule has 1 saturated heterocycles. The van der Waals surface area contributed by atoms with Crippen molar-refractivity contribution in [3.63, 3.8) is 0 Å². The van der Waals surface area contributed by atoms with Crippen molar-refractivity contribution in [2.45, 2.75) is 57.2 Å². The average molecular weight is 569 g/mol. The monoisotopic (exact) mass is 568 g/mol. The maximum absolute atomic E-state index is 15.1. The number of rotatable bonds is 7. The maximum Gasteiger partial charge on any atom is 0.304 e. The van der Waals surface area contributed by atoms with E-state index in [0.717, 1.165) is 52.8 Å². The summed E-state index contributed by atoms with van der Waals surface area (Å²) in [4.78, 5) is 11.1. The third kappa shape index (κ3) is 5.77. The summed E-state index contributed by atoms with van der Waals surface area (Å²) in [5.41, 5.74) is 5.50. The molecular formula is C31H33FO7S. The van der Waals surface area contributed by atoms with Gasteiger partial charge in [0.15, 0.2) is 0 Å². The van der Waals surface area contributed by atoms with Crippen molar-refractivity contribution in [1.29, 1.82) is 0 Å². The SMILES string of the molecule is O=C(O)C[C@@H]1COc2cc(OCc3cc4c(cc3F)CCCc3cc(OC5CCS(O)(O)CC5)ccc3-4)ccc21. The highest BCUT2D eigenvalue weighted by Crippen LogP contribution is 2.45. The van der Waals surface area contributed by atoms with Gasteiger partial charge < -0.3 is 19.3 Å². The second-order valence-corrected chi connectivity index (χ2v) is 13.3. The maximum atomic E-state index is 15.1. The highest BCUT2D eigenvalue weighted by Gasteiger charge is 2.28. The molecule has 3 N–H and O–H groups in total. The van der Waals surface area contributed by atoms with E-state index in [2.05, 4.69) is 6.07 Å². The molecule has 1 fully saturated rings. The molecule has 3 aromatic carbocycles. The second kappa shape index (κ2) is 11.0. The van der Waals surface area contributed by atoms with Crippen molar-refractivity contribution >= 4 is 16.6 Å². The molecule has 40 heavy (non-hydrogen) atoms. The molecule has 0 aromatic heterocycles. The molecule has 0 spiro atoms. The average Bonchev–Trinajstić information content (AvgIpc) is 3.22. The number of carbonyl (C=O) groups is 1. The molecule has 3 aliphatic rings. The van der Waals surface area contributed by atoms with Crippen LogP contribution in [0.15, 0.2) is 48.5 Å². The van der Waals surface area contributed by atoms with Crippen molar-refractivity contribution in [3.05, 3.63) is 76.6 Å². The Kier molecular flexibility index (Phi) is 7.37. The minimum Gasteiger partial charge on any atom is -0.492 e. The van der Waals surface area contributed by atoms with Gasteiger partial charge in [0.1, 0.15) is 35.8 Å². The number of carboxylic acid groups (broad SMARTS) is 1. The van der Waals surface area contributed by atoms with Crippen molar-refractivity contribution in [1.82, 2.24) is 0 Å². The minimum atomic E-state index is -2.45. The van der Waals surface area contributed by atoms with Crippen LogP contribution in [0.1, 0.15) is 53.9 Å². The number of aliphatic carboxylic acids is 1. The van der Waals surface area contributed by atoms with Gasteiger partial charge in [-0.25, -0.2) is 4.39 Å². The molecule has 9 heteroatoms. The summed E-state index contributed by atoms with van der Waals surface area (Å²) in [6, 6.07) is 14.9. The molecule has 0 unspecified atom stereocenters. The molecule has 0 saturated carbocycles. The fraction of sp³-hybridized carbons (Fsp3) is 0.387. The van der Waals surface area contributed by atoms with Gasteiger partial charge in [0, 0.05) is 47.5 Å². The third-order valence-electron chi connectivity index (χ3n) is 8.05. The van der Waals surface area contributed by atoms with E-state index in [4.69, 9.17) is 19.3 Å². The largest absolute Gasteiger partial charge is 0.492 e. The Labute approximate surface area is 234 Å². The normalized spacial score (nSPS) is 20.3. The first-order valence-electron chi connectivity index (χ1n) is 13.7. The molecule has 2 aliphatic heterocycles. The zero-order valence-corrected chi connectivity index (χ0v) is 22.9. The van der Waals surface area contributed by atoms with Crippen LogP contribution in [0.2, 0.25) is 0 Å². The molecule has 1 aliphatic carbocycles. The van der Waals surface area contributed by atoms with Crippen molar-refractivity contribution in [2.75, 3.05) is 18.1 Å². The molecular weight excluding hydrogens is 535 g/mol. The van der Waals surface area contributed by atoms with Gasteiger partial charge in [-0.05, 0) is 71.8 Å². The fourth-order valence-corrected chi connectivity index (χ4v) is 7.38. The van der Waals surface area contributed by atoms with Crippen molar-refractivity contribution in [2.24, 2.45) is 0 Å². The van der Waals surface area contributed by atoms with E-state index in [1.165, 1.54) is 0 Å². The Bertz CT molecular complexity index is 1430. The van der Waals surface area contributed by atoms with Crippen molar-refractivity contribution < 1.29 is 37.6 Å². The number of hydrogen-bond acceptors (Lipinski definition) is 6. The van der Waals surface area contributed by atoms with E-state index in [9.17, 15) is 13.9 Å². The van der Waals surface area contributed by atoms with Crippen LogP contribution in [0.5, 0.6) is 17.2 Å². The predicted octanol–water partition coefficient (Wildman–Crippen LogP) is 6.80. The Balaban J connectivity index is 1.18. The van der Waals surface area contributed by atoms with Gasteiger partial charge in [-0.3, -0.25) is 13.9 Å². The van der Waals surface area contributed by atoms with Gasteiger partial charge in [-0.2, -0.15) is 10.6 Å². The molecule has 2 heterocycles. The van der Waals surface area contributed by atoms with E-state index >= 15 is 4.39 Å². The summed E-state index contributed by atoms with van der Waals surface area (Å²) >= 11 is 0. The van der Waals surface area contributed by atoms with Gasteiger partial charge in [0.2, 0.25) is 0 Å². The lowest BCUT2D eigenvalue weighted by Gasteiger charge is -2.39. The number of carboxylic acids is 1. The van der Waals surface area contributed by atoms with Crippen molar-refractivity contribution in [3.8, 4) is 28.4 Å². The lowest BCUT2D eigenvalue weighted by molar-refractivity contribution is -0.137. The third-order valence-corrected chi connectivity index (χ3v) is 9.83. The Morgan fingerprint density at radius 1 is 0.975 bits per heavy atom. The highest BCUT2D eigenvalue weighted by molar-refractivity contribution is 8.24. The topological polar surface area (TPSA) is 105 Å². The molecule has 0 radical (unpaired) electrons. The molecule has 6 rings (SSSR count). The lowest BCUT2D eigenvalue weighted by atomic mass is 9.94. The lowest BCUT2D eigenvalue weighted by Crippen LogP contribution is -2.28. The summed E-state index contributed by atoms with van der Waals surface area (Å²) in [5.74, 6) is 1.35. The van der Waals surface area contributed by atoms with E-state index in [0.29, 0.717) is 48.0 Å². The quantitative estimate of drug-likeness (QED) is 0.288. The van der Waals surface area contributed by atoms with Crippen LogP contribution in [-0.2, 0) is 24.2 Å². The zero-order chi connectivity index (χ0) is 27.9. The molecule has 0 amide bonds. The fourth-order valence-electron chi connectivity index (χ4n) is 5.89. The van der Waals surface area contributed by atoms with Crippen LogP contribution >= 0.6 is 10.6 Å². The van der Waals surface area contributed by atoms with Gasteiger partial charge in [-0.1, -0.05) is 12.1 Å². The van der Waals surface area contributed by atoms with E-state index < -0.39 is 16.6 Å². The number of benzene rings is 3. The smallest absolute Gasteiger partial charge is 0.304 e. The first-order chi connectivity index (χ1) is 19.2. The number of fused-ring (bicyclic) bond motifs is 4.